The Morgan fingerprint density at radius 2 is 2.11 bits per heavy atom. The average molecular weight is 303 g/mol. The van der Waals surface area contributed by atoms with Gasteiger partial charge in [0.1, 0.15) is 0 Å². The third kappa shape index (κ3) is 2.60. The summed E-state index contributed by atoms with van der Waals surface area (Å²) >= 11 is 14.2. The van der Waals surface area contributed by atoms with E-state index in [1.165, 1.54) is 0 Å². The van der Waals surface area contributed by atoms with Gasteiger partial charge in [-0.25, -0.2) is 4.79 Å². The normalized spacial score (nSPS) is 12.8. The molecule has 2 rings (SSSR count). The molecule has 0 fully saturated rings. The Balaban J connectivity index is 2.68. The van der Waals surface area contributed by atoms with Crippen molar-refractivity contribution in [2.24, 2.45) is 0 Å². The van der Waals surface area contributed by atoms with E-state index >= 15 is 0 Å². The van der Waals surface area contributed by atoms with Crippen molar-refractivity contribution in [3.63, 3.8) is 0 Å². The van der Waals surface area contributed by atoms with Crippen molar-refractivity contribution < 1.29 is 0 Å². The Hall–Kier alpha value is -0.850. The number of aromatic nitrogens is 2. The molecule has 0 aliphatic heterocycles. The summed E-state index contributed by atoms with van der Waals surface area (Å²) in [5.41, 5.74) is -0.333. The molecule has 1 aromatic carbocycles. The summed E-state index contributed by atoms with van der Waals surface area (Å²) < 4.78 is 1.12. The van der Waals surface area contributed by atoms with Crippen molar-refractivity contribution in [1.29, 1.82) is 0 Å². The van der Waals surface area contributed by atoms with Crippen LogP contribution in [0.1, 0.15) is 0 Å². The number of H-pyrrole nitrogens is 1. The van der Waals surface area contributed by atoms with Gasteiger partial charge in [0, 0.05) is 22.6 Å². The van der Waals surface area contributed by atoms with Crippen LogP contribution in [0.3, 0.4) is 0 Å². The van der Waals surface area contributed by atoms with Gasteiger partial charge in [-0.15, -0.1) is 0 Å². The summed E-state index contributed by atoms with van der Waals surface area (Å²) in [6, 6.07) is 4.78. The first-order chi connectivity index (χ1) is 8.52. The summed E-state index contributed by atoms with van der Waals surface area (Å²) in [4.78, 5) is 26.6. The minimum Gasteiger partial charge on any atom is -0.307 e. The van der Waals surface area contributed by atoms with Crippen molar-refractivity contribution in [1.82, 2.24) is 9.55 Å². The fourth-order valence-corrected chi connectivity index (χ4v) is 2.11. The fraction of sp³-hybridized carbons (Fsp3) is 0.273. The van der Waals surface area contributed by atoms with E-state index in [9.17, 15) is 9.59 Å². The van der Waals surface area contributed by atoms with E-state index < -0.39 is 5.69 Å². The quantitative estimate of drug-likeness (QED) is 0.754. The zero-order chi connectivity index (χ0) is 13.3. The van der Waals surface area contributed by atoms with Crippen LogP contribution < -0.4 is 11.2 Å². The maximum Gasteiger partial charge on any atom is 0.328 e. The smallest absolute Gasteiger partial charge is 0.307 e. The molecular weight excluding hydrogens is 292 g/mol. The van der Waals surface area contributed by atoms with Gasteiger partial charge in [0.25, 0.3) is 5.56 Å². The standard InChI is InChI=1S/C11H11ClN2O2S2/c12-6-1-2-9-8(3-6)10(15)14(11(16)13-9)4-7(18)5-17/h1-3,7,17-18H,4-5H2,(H,13,16). The Morgan fingerprint density at radius 3 is 2.78 bits per heavy atom. The van der Waals surface area contributed by atoms with Crippen molar-refractivity contribution in [2.75, 3.05) is 5.75 Å². The van der Waals surface area contributed by atoms with E-state index in [1.54, 1.807) is 18.2 Å². The van der Waals surface area contributed by atoms with Crippen LogP contribution in [-0.2, 0) is 6.54 Å². The van der Waals surface area contributed by atoms with Crippen LogP contribution in [0, 0.1) is 0 Å². The zero-order valence-corrected chi connectivity index (χ0v) is 11.8. The highest BCUT2D eigenvalue weighted by molar-refractivity contribution is 7.84. The minimum absolute atomic E-state index is 0.163. The van der Waals surface area contributed by atoms with Crippen molar-refractivity contribution >= 4 is 47.8 Å². The molecule has 0 spiro atoms. The highest BCUT2D eigenvalue weighted by atomic mass is 35.5. The van der Waals surface area contributed by atoms with Crippen LogP contribution >= 0.6 is 36.9 Å². The minimum atomic E-state index is -0.448. The summed E-state index contributed by atoms with van der Waals surface area (Å²) in [7, 11) is 0. The van der Waals surface area contributed by atoms with Crippen LogP contribution in [0.15, 0.2) is 27.8 Å². The number of benzene rings is 1. The van der Waals surface area contributed by atoms with E-state index in [2.05, 4.69) is 30.2 Å². The van der Waals surface area contributed by atoms with E-state index in [0.29, 0.717) is 21.7 Å². The topological polar surface area (TPSA) is 54.9 Å². The number of hydrogen-bond acceptors (Lipinski definition) is 4. The maximum absolute atomic E-state index is 12.2. The molecule has 1 aromatic heterocycles. The Bertz CT molecular complexity index is 695. The monoisotopic (exact) mass is 302 g/mol. The number of aromatic amines is 1. The molecule has 4 nitrogen and oxygen atoms in total. The number of nitrogens with one attached hydrogen (secondary N) is 1. The molecule has 0 radical (unpaired) electrons. The van der Waals surface area contributed by atoms with Gasteiger partial charge in [-0.1, -0.05) is 11.6 Å². The van der Waals surface area contributed by atoms with E-state index in [4.69, 9.17) is 11.6 Å². The van der Waals surface area contributed by atoms with Gasteiger partial charge in [0.05, 0.1) is 10.9 Å². The predicted molar refractivity (Wildman–Crippen MR) is 80.5 cm³/mol. The third-order valence-electron chi connectivity index (χ3n) is 2.55. The molecule has 1 heterocycles. The van der Waals surface area contributed by atoms with Gasteiger partial charge in [-0.05, 0) is 18.2 Å². The highest BCUT2D eigenvalue weighted by Gasteiger charge is 2.10. The van der Waals surface area contributed by atoms with Gasteiger partial charge in [0.2, 0.25) is 0 Å². The molecule has 7 heteroatoms. The molecule has 1 N–H and O–H groups in total. The Labute approximate surface area is 119 Å². The van der Waals surface area contributed by atoms with Crippen LogP contribution in [0.25, 0.3) is 10.9 Å². The molecule has 0 bridgehead atoms. The van der Waals surface area contributed by atoms with Gasteiger partial charge in [0.15, 0.2) is 0 Å². The summed E-state index contributed by atoms with van der Waals surface area (Å²) in [5.74, 6) is 0.475. The van der Waals surface area contributed by atoms with Gasteiger partial charge < -0.3 is 4.98 Å². The van der Waals surface area contributed by atoms with Crippen molar-refractivity contribution in [2.45, 2.75) is 11.8 Å². The van der Waals surface area contributed by atoms with Crippen LogP contribution in [0.5, 0.6) is 0 Å². The number of thiol groups is 2. The number of halogens is 1. The van der Waals surface area contributed by atoms with Gasteiger partial charge in [-0.2, -0.15) is 25.3 Å². The van der Waals surface area contributed by atoms with Crippen LogP contribution in [0.2, 0.25) is 5.02 Å². The molecule has 0 aliphatic carbocycles. The van der Waals surface area contributed by atoms with Gasteiger partial charge >= 0.3 is 5.69 Å². The first kappa shape index (κ1) is 13.6. The largest absolute Gasteiger partial charge is 0.328 e. The molecule has 2 aromatic rings. The molecule has 1 atom stereocenters. The fourth-order valence-electron chi connectivity index (χ4n) is 1.66. The third-order valence-corrected chi connectivity index (χ3v) is 3.86. The second-order valence-corrected chi connectivity index (χ2v) is 5.40. The molecule has 0 amide bonds. The lowest BCUT2D eigenvalue weighted by molar-refractivity contribution is 0.639. The lowest BCUT2D eigenvalue weighted by Gasteiger charge is -2.10. The molecule has 0 saturated heterocycles. The van der Waals surface area contributed by atoms with E-state index in [1.807, 2.05) is 0 Å². The second-order valence-electron chi connectivity index (χ2n) is 3.87. The second kappa shape index (κ2) is 5.42. The molecular formula is C11H11ClN2O2S2. The maximum atomic E-state index is 12.2. The number of nitrogens with zero attached hydrogens (tertiary/aromatic N) is 1. The SMILES string of the molecule is O=c1[nH]c2ccc(Cl)cc2c(=O)n1CC(S)CS. The molecule has 18 heavy (non-hydrogen) atoms. The predicted octanol–water partition coefficient (Wildman–Crippen LogP) is 1.57. The highest BCUT2D eigenvalue weighted by Crippen LogP contribution is 2.13. The summed E-state index contributed by atoms with van der Waals surface area (Å²) in [5, 5.41) is 0.681. The Morgan fingerprint density at radius 1 is 1.39 bits per heavy atom. The summed E-state index contributed by atoms with van der Waals surface area (Å²) in [6.07, 6.45) is 0. The average Bonchev–Trinajstić information content (AvgIpc) is 2.35. The molecule has 0 aliphatic rings. The van der Waals surface area contributed by atoms with Crippen LogP contribution in [-0.4, -0.2) is 20.6 Å². The first-order valence-corrected chi connectivity index (χ1v) is 6.77. The summed E-state index contributed by atoms with van der Waals surface area (Å²) in [6.45, 7) is 0.212. The van der Waals surface area contributed by atoms with Crippen molar-refractivity contribution in [3.8, 4) is 0 Å². The number of fused-ring (bicyclic) bond motifs is 1. The van der Waals surface area contributed by atoms with Crippen LogP contribution in [0.4, 0.5) is 0 Å². The zero-order valence-electron chi connectivity index (χ0n) is 9.26. The lowest BCUT2D eigenvalue weighted by Crippen LogP contribution is -2.37. The number of rotatable bonds is 3. The molecule has 1 unspecified atom stereocenters. The van der Waals surface area contributed by atoms with Gasteiger partial charge in [-0.3, -0.25) is 9.36 Å². The molecule has 96 valence electrons. The van der Waals surface area contributed by atoms with E-state index in [-0.39, 0.29) is 17.4 Å². The molecule has 0 saturated carbocycles. The lowest BCUT2D eigenvalue weighted by atomic mass is 10.2. The first-order valence-electron chi connectivity index (χ1n) is 5.24. The number of hydrogen-bond donors (Lipinski definition) is 3. The van der Waals surface area contributed by atoms with E-state index in [0.717, 1.165) is 4.57 Å². The van der Waals surface area contributed by atoms with Crippen molar-refractivity contribution in [3.05, 3.63) is 44.1 Å². The Kier molecular flexibility index (Phi) is 4.09.